The highest BCUT2D eigenvalue weighted by atomic mass is 35.5. The number of nitrogens with zero attached hydrogens (tertiary/aromatic N) is 1. The van der Waals surface area contributed by atoms with E-state index in [9.17, 15) is 12.8 Å². The normalized spacial score (nSPS) is 18.0. The van der Waals surface area contributed by atoms with E-state index in [-0.39, 0.29) is 23.1 Å². The van der Waals surface area contributed by atoms with Crippen molar-refractivity contribution in [1.82, 2.24) is 4.72 Å². The summed E-state index contributed by atoms with van der Waals surface area (Å²) in [5.41, 5.74) is 1.82. The summed E-state index contributed by atoms with van der Waals surface area (Å²) in [6, 6.07) is 12.6. The van der Waals surface area contributed by atoms with Crippen LogP contribution in [0.4, 0.5) is 4.39 Å². The lowest BCUT2D eigenvalue weighted by Crippen LogP contribution is -2.23. The molecular weight excluding hydrogens is 351 g/mol. The first-order chi connectivity index (χ1) is 11.4. The van der Waals surface area contributed by atoms with Crippen LogP contribution in [-0.4, -0.2) is 14.3 Å². The molecule has 1 heterocycles. The maximum Gasteiger partial charge on any atom is 0.264 e. The molecule has 0 amide bonds. The van der Waals surface area contributed by atoms with Crippen LogP contribution >= 0.6 is 11.6 Å². The maximum absolute atomic E-state index is 12.9. The van der Waals surface area contributed by atoms with Gasteiger partial charge >= 0.3 is 0 Å². The molecule has 124 valence electrons. The topological polar surface area (TPSA) is 58.5 Å². The van der Waals surface area contributed by atoms with Gasteiger partial charge < -0.3 is 0 Å². The molecule has 0 saturated heterocycles. The van der Waals surface area contributed by atoms with E-state index in [4.69, 9.17) is 11.6 Å². The van der Waals surface area contributed by atoms with Crippen molar-refractivity contribution in [3.8, 4) is 0 Å². The molecule has 0 fully saturated rings. The summed E-state index contributed by atoms with van der Waals surface area (Å²) in [5, 5.41) is 0.458. The molecule has 4 nitrogen and oxygen atoms in total. The second-order valence-electron chi connectivity index (χ2n) is 5.36. The highest BCUT2D eigenvalue weighted by Crippen LogP contribution is 2.31. The molecule has 0 saturated carbocycles. The molecule has 0 atom stereocenters. The van der Waals surface area contributed by atoms with Gasteiger partial charge in [-0.05, 0) is 42.3 Å². The third-order valence-electron chi connectivity index (χ3n) is 3.62. The van der Waals surface area contributed by atoms with Gasteiger partial charge in [0.1, 0.15) is 16.6 Å². The second-order valence-corrected chi connectivity index (χ2v) is 7.42. The number of benzene rings is 2. The molecule has 0 spiro atoms. The van der Waals surface area contributed by atoms with Crippen molar-refractivity contribution >= 4 is 32.4 Å². The van der Waals surface area contributed by atoms with Gasteiger partial charge in [-0.2, -0.15) is 0 Å². The Morgan fingerprint density at radius 1 is 1.17 bits per heavy atom. The quantitative estimate of drug-likeness (QED) is 0.901. The first-order valence-electron chi connectivity index (χ1n) is 7.16. The molecule has 1 N–H and O–H groups in total. The zero-order chi connectivity index (χ0) is 17.3. The van der Waals surface area contributed by atoms with Gasteiger partial charge in [-0.1, -0.05) is 35.9 Å². The highest BCUT2D eigenvalue weighted by Gasteiger charge is 2.32. The number of aliphatic imine (C=N–C) groups is 1. The molecule has 1 aliphatic rings. The molecule has 2 aromatic rings. The number of halogens is 2. The van der Waals surface area contributed by atoms with Crippen LogP contribution in [0.15, 0.2) is 59.1 Å². The predicted octanol–water partition coefficient (Wildman–Crippen LogP) is 3.74. The lowest BCUT2D eigenvalue weighted by atomic mass is 10.1. The molecule has 7 heteroatoms. The van der Waals surface area contributed by atoms with E-state index < -0.39 is 10.0 Å². The molecule has 0 aliphatic carbocycles. The monoisotopic (exact) mass is 364 g/mol. The molecule has 0 bridgehead atoms. The van der Waals surface area contributed by atoms with Gasteiger partial charge in [0.15, 0.2) is 0 Å². The van der Waals surface area contributed by atoms with Crippen LogP contribution < -0.4 is 4.72 Å². The lowest BCUT2D eigenvalue weighted by molar-refractivity contribution is 0.603. The zero-order valence-electron chi connectivity index (χ0n) is 12.8. The molecule has 2 aromatic carbocycles. The van der Waals surface area contributed by atoms with Crippen molar-refractivity contribution in [1.29, 1.82) is 0 Å². The van der Waals surface area contributed by atoms with Crippen LogP contribution in [-0.2, 0) is 16.6 Å². The van der Waals surface area contributed by atoms with Gasteiger partial charge in [0.05, 0.1) is 6.54 Å². The number of nitrogens with one attached hydrogen (secondary N) is 1. The molecule has 0 aromatic heterocycles. The highest BCUT2D eigenvalue weighted by molar-refractivity contribution is 8.00. The number of hydrogen-bond donors (Lipinski definition) is 1. The van der Waals surface area contributed by atoms with E-state index in [1.807, 2.05) is 0 Å². The van der Waals surface area contributed by atoms with Crippen molar-refractivity contribution in [2.45, 2.75) is 13.5 Å². The standard InChI is InChI=1S/C17H14ClFN2O2S/c1-11-16(13-3-2-4-14(18)9-13)24(22,23)21-17(11)20-10-12-5-7-15(19)8-6-12/h2-9H,10H2,1H3,(H,20,21). The van der Waals surface area contributed by atoms with Gasteiger partial charge in [-0.25, -0.2) is 12.8 Å². The van der Waals surface area contributed by atoms with Gasteiger partial charge in [0.2, 0.25) is 0 Å². The van der Waals surface area contributed by atoms with Gasteiger partial charge in [-0.15, -0.1) is 0 Å². The SMILES string of the molecule is CC1=C(c2cccc(Cl)c2)S(=O)(=O)NC1=NCc1ccc(F)cc1. The Bertz CT molecular complexity index is 951. The zero-order valence-corrected chi connectivity index (χ0v) is 14.3. The first kappa shape index (κ1) is 16.7. The minimum atomic E-state index is -3.69. The van der Waals surface area contributed by atoms with Crippen molar-refractivity contribution < 1.29 is 12.8 Å². The number of rotatable bonds is 3. The molecule has 24 heavy (non-hydrogen) atoms. The van der Waals surface area contributed by atoms with Gasteiger partial charge in [0.25, 0.3) is 10.0 Å². The predicted molar refractivity (Wildman–Crippen MR) is 93.6 cm³/mol. The van der Waals surface area contributed by atoms with Crippen LogP contribution in [0.3, 0.4) is 0 Å². The Kier molecular flexibility index (Phi) is 4.43. The fraction of sp³-hybridized carbons (Fsp3) is 0.118. The molecular formula is C17H14ClFN2O2S. The molecule has 3 rings (SSSR count). The third-order valence-corrected chi connectivity index (χ3v) is 5.39. The lowest BCUT2D eigenvalue weighted by Gasteiger charge is -2.03. The fourth-order valence-electron chi connectivity index (χ4n) is 2.48. The first-order valence-corrected chi connectivity index (χ1v) is 9.02. The summed E-state index contributed by atoms with van der Waals surface area (Å²) in [6.07, 6.45) is 0. The second kappa shape index (κ2) is 6.37. The van der Waals surface area contributed by atoms with Crippen LogP contribution in [0.1, 0.15) is 18.1 Å². The molecule has 0 unspecified atom stereocenters. The minimum absolute atomic E-state index is 0.169. The number of hydrogen-bond acceptors (Lipinski definition) is 3. The van der Waals surface area contributed by atoms with Crippen LogP contribution in [0.25, 0.3) is 4.91 Å². The van der Waals surface area contributed by atoms with Crippen LogP contribution in [0, 0.1) is 5.82 Å². The number of sulfonamides is 1. The summed E-state index contributed by atoms with van der Waals surface area (Å²) >= 11 is 5.96. The average molecular weight is 365 g/mol. The van der Waals surface area contributed by atoms with Crippen molar-refractivity contribution in [2.24, 2.45) is 4.99 Å². The summed E-state index contributed by atoms with van der Waals surface area (Å²) in [4.78, 5) is 4.48. The van der Waals surface area contributed by atoms with Crippen molar-refractivity contribution in [3.63, 3.8) is 0 Å². The average Bonchev–Trinajstić information content (AvgIpc) is 2.75. The minimum Gasteiger partial charge on any atom is -0.263 e. The van der Waals surface area contributed by atoms with Crippen molar-refractivity contribution in [3.05, 3.63) is 76.1 Å². The number of amidine groups is 1. The van der Waals surface area contributed by atoms with E-state index in [2.05, 4.69) is 9.71 Å². The Morgan fingerprint density at radius 3 is 2.54 bits per heavy atom. The Hall–Kier alpha value is -2.18. The third kappa shape index (κ3) is 3.34. The summed E-state index contributed by atoms with van der Waals surface area (Å²) in [5.74, 6) is -0.0402. The smallest absolute Gasteiger partial charge is 0.263 e. The van der Waals surface area contributed by atoms with Gasteiger partial charge in [-0.3, -0.25) is 9.71 Å². The Balaban J connectivity index is 1.96. The maximum atomic E-state index is 12.9. The molecule has 1 aliphatic heterocycles. The van der Waals surface area contributed by atoms with E-state index in [1.165, 1.54) is 12.1 Å². The summed E-state index contributed by atoms with van der Waals surface area (Å²) in [6.45, 7) is 1.94. The van der Waals surface area contributed by atoms with E-state index >= 15 is 0 Å². The molecule has 0 radical (unpaired) electrons. The Labute approximate surface area is 144 Å². The van der Waals surface area contributed by atoms with E-state index in [1.54, 1.807) is 43.3 Å². The van der Waals surface area contributed by atoms with Crippen LogP contribution in [0.5, 0.6) is 0 Å². The van der Waals surface area contributed by atoms with Crippen LogP contribution in [0.2, 0.25) is 5.02 Å². The Morgan fingerprint density at radius 2 is 1.88 bits per heavy atom. The summed E-state index contributed by atoms with van der Waals surface area (Å²) in [7, 11) is -3.69. The largest absolute Gasteiger partial charge is 0.264 e. The van der Waals surface area contributed by atoms with Crippen molar-refractivity contribution in [2.75, 3.05) is 0 Å². The van der Waals surface area contributed by atoms with E-state index in [0.29, 0.717) is 16.2 Å². The fourth-order valence-corrected chi connectivity index (χ4v) is 4.18. The van der Waals surface area contributed by atoms with Gasteiger partial charge in [0, 0.05) is 10.6 Å². The van der Waals surface area contributed by atoms with E-state index in [0.717, 1.165) is 5.56 Å². The summed E-state index contributed by atoms with van der Waals surface area (Å²) < 4.78 is 40.2.